The Morgan fingerprint density at radius 1 is 0.833 bits per heavy atom. The quantitative estimate of drug-likeness (QED) is 0.317. The smallest absolute Gasteiger partial charge is 0.419 e. The minimum Gasteiger partial charge on any atom is -1.00 e. The number of ether oxygens (including phenoxy) is 1. The third-order valence-electron chi connectivity index (χ3n) is 4.03. The van der Waals surface area contributed by atoms with Crippen LogP contribution in [-0.2, 0) is 17.8 Å². The highest BCUT2D eigenvalue weighted by Crippen LogP contribution is 2.34. The topological polar surface area (TPSA) is 39.0 Å². The van der Waals surface area contributed by atoms with E-state index in [1.807, 2.05) is 91.1 Å². The van der Waals surface area contributed by atoms with Crippen molar-refractivity contribution in [3.8, 4) is 0 Å². The molecule has 3 aromatic heterocycles. The zero-order chi connectivity index (χ0) is 20.3. The van der Waals surface area contributed by atoms with Gasteiger partial charge in [0.2, 0.25) is 0 Å². The Bertz CT molecular complexity index is 906. The molecule has 0 aliphatic heterocycles. The van der Waals surface area contributed by atoms with Crippen LogP contribution in [0.25, 0.3) is 0 Å². The van der Waals surface area contributed by atoms with Gasteiger partial charge in [-0.1, -0.05) is 12.1 Å². The van der Waals surface area contributed by atoms with Gasteiger partial charge in [-0.25, -0.2) is 9.36 Å². The third-order valence-corrected chi connectivity index (χ3v) is 6.28. The summed E-state index contributed by atoms with van der Waals surface area (Å²) in [5, 5.41) is 0. The zero-order valence-electron chi connectivity index (χ0n) is 16.9. The highest BCUT2D eigenvalue weighted by molar-refractivity contribution is 9.13. The molecule has 3 rings (SSSR count). The lowest BCUT2D eigenvalue weighted by atomic mass is 10.2. The normalized spacial score (nSPS) is 10.7. The van der Waals surface area contributed by atoms with Crippen LogP contribution >= 0.6 is 31.9 Å². The highest BCUT2D eigenvalue weighted by atomic mass is 79.9. The van der Waals surface area contributed by atoms with E-state index < -0.39 is 11.7 Å². The number of carbonyl (C=O) groups excluding carboxylic acids is 1. The third kappa shape index (κ3) is 6.73. The molecule has 9 heteroatoms. The standard InChI is InChI=1S/C21H23Br2N3O2.2BrH/c1-21(2,3)28-20(27)26-16(14-24-10-6-4-7-11-24)18(22)19(23)17(26)15-25-12-8-5-9-13-25;;/h4-13H,14-15H2,1-3H3;2*1H/q+2;;/p-2. The van der Waals surface area contributed by atoms with Gasteiger partial charge < -0.3 is 38.7 Å². The van der Waals surface area contributed by atoms with Crippen molar-refractivity contribution in [3.63, 3.8) is 0 Å². The van der Waals surface area contributed by atoms with Crippen LogP contribution in [-0.4, -0.2) is 16.3 Å². The van der Waals surface area contributed by atoms with Crippen LogP contribution in [0.5, 0.6) is 0 Å². The molecule has 0 spiro atoms. The number of hydrogen-bond donors (Lipinski definition) is 0. The Balaban J connectivity index is 0.00000225. The second kappa shape index (κ2) is 11.5. The van der Waals surface area contributed by atoms with E-state index >= 15 is 0 Å². The average molecular weight is 669 g/mol. The van der Waals surface area contributed by atoms with Crippen molar-refractivity contribution in [2.75, 3.05) is 0 Å². The van der Waals surface area contributed by atoms with Gasteiger partial charge in [0.15, 0.2) is 37.9 Å². The van der Waals surface area contributed by atoms with E-state index in [-0.39, 0.29) is 34.0 Å². The first-order chi connectivity index (χ1) is 13.3. The molecule has 0 radical (unpaired) electrons. The second-order valence-electron chi connectivity index (χ2n) is 7.43. The average Bonchev–Trinajstić information content (AvgIpc) is 2.87. The van der Waals surface area contributed by atoms with Gasteiger partial charge in [0.1, 0.15) is 17.0 Å². The number of carbonyl (C=O) groups is 1. The SMILES string of the molecule is CC(C)(C)OC(=O)n1c(C[n+]2ccccc2)c(Br)c(Br)c1C[n+]1ccccc1.[Br-].[Br-]. The highest BCUT2D eigenvalue weighted by Gasteiger charge is 2.30. The number of hydrogen-bond acceptors (Lipinski definition) is 2. The first-order valence-corrected chi connectivity index (χ1v) is 10.5. The summed E-state index contributed by atoms with van der Waals surface area (Å²) in [6.45, 7) is 6.67. The number of halogens is 4. The minimum absolute atomic E-state index is 0. The van der Waals surface area contributed by atoms with Crippen LogP contribution in [0.3, 0.4) is 0 Å². The van der Waals surface area contributed by atoms with Crippen LogP contribution in [0.1, 0.15) is 32.2 Å². The van der Waals surface area contributed by atoms with Crippen molar-refractivity contribution in [2.45, 2.75) is 39.5 Å². The van der Waals surface area contributed by atoms with Gasteiger partial charge >= 0.3 is 6.09 Å². The van der Waals surface area contributed by atoms with Gasteiger partial charge in [-0.05, 0) is 52.6 Å². The predicted molar refractivity (Wildman–Crippen MR) is 113 cm³/mol. The van der Waals surface area contributed by atoms with Gasteiger partial charge in [-0.15, -0.1) is 0 Å². The lowest BCUT2D eigenvalue weighted by Gasteiger charge is -2.21. The van der Waals surface area contributed by atoms with Gasteiger partial charge in [0.05, 0.1) is 8.95 Å². The van der Waals surface area contributed by atoms with E-state index in [0.29, 0.717) is 13.1 Å². The van der Waals surface area contributed by atoms with Gasteiger partial charge in [-0.2, -0.15) is 9.13 Å². The first-order valence-electron chi connectivity index (χ1n) is 8.95. The fourth-order valence-electron chi connectivity index (χ4n) is 2.85. The molecule has 3 heterocycles. The van der Waals surface area contributed by atoms with E-state index in [1.165, 1.54) is 0 Å². The summed E-state index contributed by atoms with van der Waals surface area (Å²) in [4.78, 5) is 13.1. The maximum Gasteiger partial charge on any atom is 0.419 e. The Labute approximate surface area is 214 Å². The molecule has 162 valence electrons. The molecule has 0 fully saturated rings. The summed E-state index contributed by atoms with van der Waals surface area (Å²) >= 11 is 7.35. The van der Waals surface area contributed by atoms with Crippen LogP contribution in [0.4, 0.5) is 4.79 Å². The molecule has 0 N–H and O–H groups in total. The maximum atomic E-state index is 13.1. The monoisotopic (exact) mass is 665 g/mol. The molecular formula is C21H23Br4N3O2. The number of aromatic nitrogens is 3. The molecular weight excluding hydrogens is 646 g/mol. The van der Waals surface area contributed by atoms with Gasteiger partial charge in [0.25, 0.3) is 0 Å². The maximum absolute atomic E-state index is 13.1. The summed E-state index contributed by atoms with van der Waals surface area (Å²) in [6.07, 6.45) is 7.49. The summed E-state index contributed by atoms with van der Waals surface area (Å²) in [5.41, 5.74) is 1.06. The number of pyridine rings is 2. The molecule has 30 heavy (non-hydrogen) atoms. The summed E-state index contributed by atoms with van der Waals surface area (Å²) in [5.74, 6) is 0. The number of rotatable bonds is 4. The molecule has 3 aromatic rings. The zero-order valence-corrected chi connectivity index (χ0v) is 23.2. The van der Waals surface area contributed by atoms with E-state index in [1.54, 1.807) is 4.57 Å². The molecule has 0 atom stereocenters. The molecule has 0 bridgehead atoms. The number of nitrogens with zero attached hydrogens (tertiary/aromatic N) is 3. The van der Waals surface area contributed by atoms with Crippen LogP contribution < -0.4 is 43.1 Å². The molecule has 0 amide bonds. The summed E-state index contributed by atoms with van der Waals surface area (Å²) in [7, 11) is 0. The molecule has 0 aliphatic rings. The summed E-state index contributed by atoms with van der Waals surface area (Å²) < 4.78 is 13.1. The van der Waals surface area contributed by atoms with Crippen LogP contribution in [0.15, 0.2) is 70.1 Å². The molecule has 0 saturated carbocycles. The lowest BCUT2D eigenvalue weighted by Crippen LogP contribution is -3.00. The van der Waals surface area contributed by atoms with Crippen LogP contribution in [0, 0.1) is 0 Å². The van der Waals surface area contributed by atoms with Crippen LogP contribution in [0.2, 0.25) is 0 Å². The van der Waals surface area contributed by atoms with E-state index in [9.17, 15) is 4.79 Å². The summed E-state index contributed by atoms with van der Waals surface area (Å²) in [6, 6.07) is 11.8. The van der Waals surface area contributed by atoms with Gasteiger partial charge in [-0.3, -0.25) is 0 Å². The van der Waals surface area contributed by atoms with Crippen molar-refractivity contribution in [1.29, 1.82) is 0 Å². The van der Waals surface area contributed by atoms with Crippen molar-refractivity contribution in [3.05, 3.63) is 81.5 Å². The van der Waals surface area contributed by atoms with Crippen molar-refractivity contribution in [1.82, 2.24) is 4.57 Å². The van der Waals surface area contributed by atoms with E-state index in [4.69, 9.17) is 4.74 Å². The van der Waals surface area contributed by atoms with Crippen molar-refractivity contribution >= 4 is 38.0 Å². The fraction of sp³-hybridized carbons (Fsp3) is 0.286. The fourth-order valence-corrected chi connectivity index (χ4v) is 3.91. The van der Waals surface area contributed by atoms with Crippen molar-refractivity contribution in [2.24, 2.45) is 0 Å². The molecule has 0 saturated heterocycles. The first kappa shape index (κ1) is 27.0. The van der Waals surface area contributed by atoms with E-state index in [0.717, 1.165) is 20.3 Å². The Morgan fingerprint density at radius 3 is 1.53 bits per heavy atom. The molecule has 5 nitrogen and oxygen atoms in total. The predicted octanol–water partition coefficient (Wildman–Crippen LogP) is -1.52. The molecule has 0 aromatic carbocycles. The Kier molecular flexibility index (Phi) is 10.4. The lowest BCUT2D eigenvalue weighted by molar-refractivity contribution is -0.690. The second-order valence-corrected chi connectivity index (χ2v) is 9.02. The van der Waals surface area contributed by atoms with Crippen molar-refractivity contribution < 1.29 is 52.6 Å². The van der Waals surface area contributed by atoms with E-state index in [2.05, 4.69) is 31.9 Å². The Hall–Kier alpha value is -1.03. The minimum atomic E-state index is -0.589. The molecule has 0 unspecified atom stereocenters. The largest absolute Gasteiger partial charge is 1.00 e. The molecule has 0 aliphatic carbocycles. The Morgan fingerprint density at radius 2 is 1.20 bits per heavy atom. The van der Waals surface area contributed by atoms with Gasteiger partial charge in [0, 0.05) is 24.3 Å².